The van der Waals surface area contributed by atoms with Gasteiger partial charge in [-0.15, -0.1) is 0 Å². The van der Waals surface area contributed by atoms with E-state index in [9.17, 15) is 9.59 Å². The zero-order valence-corrected chi connectivity index (χ0v) is 15.9. The number of rotatable bonds is 4. The minimum atomic E-state index is -0.273. The number of carbonyl (C=O) groups excluding carboxylic acids is 1. The Bertz CT molecular complexity index is 1080. The van der Waals surface area contributed by atoms with Crippen LogP contribution in [0.4, 0.5) is 0 Å². The first kappa shape index (κ1) is 18.1. The molecule has 1 saturated heterocycles. The van der Waals surface area contributed by atoms with Crippen LogP contribution in [0.15, 0.2) is 39.6 Å². The largest absolute Gasteiger partial charge is 0.334 e. The Kier molecular flexibility index (Phi) is 4.77. The molecule has 1 aromatic carbocycles. The van der Waals surface area contributed by atoms with Gasteiger partial charge in [0.15, 0.2) is 5.82 Å². The Hall–Kier alpha value is -3.29. The molecule has 3 aromatic rings. The van der Waals surface area contributed by atoms with E-state index in [1.807, 2.05) is 32.0 Å². The van der Waals surface area contributed by atoms with Crippen molar-refractivity contribution >= 4 is 5.91 Å². The van der Waals surface area contributed by atoms with Crippen molar-refractivity contribution in [2.75, 3.05) is 13.1 Å². The zero-order valence-electron chi connectivity index (χ0n) is 15.9. The van der Waals surface area contributed by atoms with E-state index in [2.05, 4.69) is 15.2 Å². The van der Waals surface area contributed by atoms with E-state index in [4.69, 9.17) is 4.52 Å². The van der Waals surface area contributed by atoms with Crippen molar-refractivity contribution in [3.05, 3.63) is 63.5 Å². The number of benzene rings is 1. The highest BCUT2D eigenvalue weighted by Gasteiger charge is 2.24. The van der Waals surface area contributed by atoms with Gasteiger partial charge in [0.25, 0.3) is 5.56 Å². The summed E-state index contributed by atoms with van der Waals surface area (Å²) in [4.78, 5) is 30.4. The monoisotopic (exact) mass is 379 g/mol. The van der Waals surface area contributed by atoms with Crippen LogP contribution in [0.3, 0.4) is 0 Å². The second-order valence-electron chi connectivity index (χ2n) is 7.03. The van der Waals surface area contributed by atoms with Crippen LogP contribution < -0.4 is 5.56 Å². The van der Waals surface area contributed by atoms with Crippen LogP contribution >= 0.6 is 0 Å². The molecule has 8 heteroatoms. The summed E-state index contributed by atoms with van der Waals surface area (Å²) in [5.74, 6) is -0.0647. The Morgan fingerprint density at radius 1 is 1.11 bits per heavy atom. The molecule has 4 rings (SSSR count). The van der Waals surface area contributed by atoms with Crippen molar-refractivity contribution in [1.29, 1.82) is 0 Å². The first-order chi connectivity index (χ1) is 13.5. The molecule has 1 fully saturated rings. The third kappa shape index (κ3) is 3.58. The van der Waals surface area contributed by atoms with Crippen LogP contribution in [0.2, 0.25) is 0 Å². The van der Waals surface area contributed by atoms with E-state index >= 15 is 0 Å². The second kappa shape index (κ2) is 7.38. The van der Waals surface area contributed by atoms with Gasteiger partial charge in [-0.3, -0.25) is 9.59 Å². The van der Waals surface area contributed by atoms with Crippen LogP contribution in [-0.4, -0.2) is 43.8 Å². The summed E-state index contributed by atoms with van der Waals surface area (Å²) < 4.78 is 6.38. The van der Waals surface area contributed by atoms with Crippen molar-refractivity contribution in [1.82, 2.24) is 24.8 Å². The van der Waals surface area contributed by atoms with Crippen molar-refractivity contribution in [3.63, 3.8) is 0 Å². The standard InChI is InChI=1S/C20H21N5O3/c1-13-5-6-15(11-14(13)2)16-7-8-18(26)25(22-16)12-17-21-19(28-23-17)20(27)24-9-3-4-10-24/h5-8,11H,3-4,9-10,12H2,1-2H3. The SMILES string of the molecule is Cc1ccc(-c2ccc(=O)n(Cc3noc(C(=O)N4CCCC4)n3)n2)cc1C. The molecular formula is C20H21N5O3. The predicted molar refractivity (Wildman–Crippen MR) is 102 cm³/mol. The van der Waals surface area contributed by atoms with Gasteiger partial charge in [0.1, 0.15) is 6.54 Å². The molecule has 1 aliphatic rings. The molecule has 28 heavy (non-hydrogen) atoms. The summed E-state index contributed by atoms with van der Waals surface area (Å²) in [6.07, 6.45) is 1.97. The van der Waals surface area contributed by atoms with Gasteiger partial charge >= 0.3 is 11.8 Å². The van der Waals surface area contributed by atoms with Gasteiger partial charge in [-0.25, -0.2) is 4.68 Å². The Balaban J connectivity index is 1.57. The molecule has 0 saturated carbocycles. The van der Waals surface area contributed by atoms with Crippen molar-refractivity contribution in [2.24, 2.45) is 0 Å². The van der Waals surface area contributed by atoms with E-state index in [0.717, 1.165) is 24.0 Å². The van der Waals surface area contributed by atoms with Crippen molar-refractivity contribution < 1.29 is 9.32 Å². The highest BCUT2D eigenvalue weighted by Crippen LogP contribution is 2.19. The molecule has 0 N–H and O–H groups in total. The number of aryl methyl sites for hydroxylation is 2. The first-order valence-corrected chi connectivity index (χ1v) is 9.29. The molecule has 2 aromatic heterocycles. The number of nitrogens with zero attached hydrogens (tertiary/aromatic N) is 5. The summed E-state index contributed by atoms with van der Waals surface area (Å²) >= 11 is 0. The highest BCUT2D eigenvalue weighted by atomic mass is 16.5. The first-order valence-electron chi connectivity index (χ1n) is 9.29. The number of amides is 1. The van der Waals surface area contributed by atoms with Gasteiger partial charge in [-0.2, -0.15) is 10.1 Å². The van der Waals surface area contributed by atoms with E-state index in [1.54, 1.807) is 11.0 Å². The van der Waals surface area contributed by atoms with Crippen molar-refractivity contribution in [3.8, 4) is 11.3 Å². The molecule has 0 unspecified atom stereocenters. The van der Waals surface area contributed by atoms with Gasteiger partial charge in [-0.1, -0.05) is 17.3 Å². The fourth-order valence-corrected chi connectivity index (χ4v) is 3.21. The summed E-state index contributed by atoms with van der Waals surface area (Å²) in [5.41, 5.74) is 3.68. The molecule has 0 spiro atoms. The molecule has 0 aliphatic carbocycles. The van der Waals surface area contributed by atoms with Crippen LogP contribution in [0, 0.1) is 13.8 Å². The quantitative estimate of drug-likeness (QED) is 0.690. The summed E-state index contributed by atoms with van der Waals surface area (Å²) in [7, 11) is 0. The lowest BCUT2D eigenvalue weighted by Crippen LogP contribution is -2.28. The lowest BCUT2D eigenvalue weighted by molar-refractivity contribution is 0.0743. The Morgan fingerprint density at radius 2 is 1.89 bits per heavy atom. The zero-order chi connectivity index (χ0) is 19.7. The average Bonchev–Trinajstić information content (AvgIpc) is 3.37. The maximum absolute atomic E-state index is 12.3. The van der Waals surface area contributed by atoms with Crippen LogP contribution in [0.5, 0.6) is 0 Å². The van der Waals surface area contributed by atoms with Gasteiger partial charge in [-0.05, 0) is 49.9 Å². The fraction of sp³-hybridized carbons (Fsp3) is 0.350. The Morgan fingerprint density at radius 3 is 2.64 bits per heavy atom. The van der Waals surface area contributed by atoms with Crippen LogP contribution in [0.25, 0.3) is 11.3 Å². The minimum absolute atomic E-state index is 0.0360. The maximum atomic E-state index is 12.3. The summed E-state index contributed by atoms with van der Waals surface area (Å²) in [6, 6.07) is 9.20. The second-order valence-corrected chi connectivity index (χ2v) is 7.03. The number of aromatic nitrogens is 4. The number of hydrogen-bond acceptors (Lipinski definition) is 6. The molecule has 144 valence electrons. The minimum Gasteiger partial charge on any atom is -0.334 e. The van der Waals surface area contributed by atoms with Gasteiger partial charge in [0, 0.05) is 24.7 Å². The molecular weight excluding hydrogens is 358 g/mol. The normalized spacial score (nSPS) is 13.9. The van der Waals surface area contributed by atoms with Crippen LogP contribution in [-0.2, 0) is 6.54 Å². The van der Waals surface area contributed by atoms with E-state index in [-0.39, 0.29) is 29.7 Å². The van der Waals surface area contributed by atoms with Gasteiger partial charge < -0.3 is 9.42 Å². The van der Waals surface area contributed by atoms with Crippen molar-refractivity contribution in [2.45, 2.75) is 33.2 Å². The molecule has 1 aliphatic heterocycles. The molecule has 0 radical (unpaired) electrons. The van der Waals surface area contributed by atoms with E-state index in [0.29, 0.717) is 18.8 Å². The number of carbonyl (C=O) groups is 1. The third-order valence-corrected chi connectivity index (χ3v) is 5.00. The van der Waals surface area contributed by atoms with Gasteiger partial charge in [0.2, 0.25) is 0 Å². The molecule has 1 amide bonds. The highest BCUT2D eigenvalue weighted by molar-refractivity contribution is 5.89. The number of likely N-dealkylation sites (tertiary alicyclic amines) is 1. The molecule has 0 bridgehead atoms. The third-order valence-electron chi connectivity index (χ3n) is 5.00. The lowest BCUT2D eigenvalue weighted by atomic mass is 10.0. The molecule has 0 atom stereocenters. The molecule has 8 nitrogen and oxygen atoms in total. The summed E-state index contributed by atoms with van der Waals surface area (Å²) in [5, 5.41) is 8.27. The topological polar surface area (TPSA) is 94.1 Å². The summed E-state index contributed by atoms with van der Waals surface area (Å²) in [6.45, 7) is 5.53. The Labute approximate surface area is 161 Å². The van der Waals surface area contributed by atoms with E-state index < -0.39 is 0 Å². The predicted octanol–water partition coefficient (Wildman–Crippen LogP) is 2.19. The maximum Gasteiger partial charge on any atom is 0.316 e. The van der Waals surface area contributed by atoms with Gasteiger partial charge in [0.05, 0.1) is 5.69 Å². The number of hydrogen-bond donors (Lipinski definition) is 0. The lowest BCUT2D eigenvalue weighted by Gasteiger charge is -2.11. The smallest absolute Gasteiger partial charge is 0.316 e. The molecule has 3 heterocycles. The average molecular weight is 379 g/mol. The van der Waals surface area contributed by atoms with Crippen LogP contribution in [0.1, 0.15) is 40.5 Å². The van der Waals surface area contributed by atoms with E-state index in [1.165, 1.54) is 16.3 Å². The fourth-order valence-electron chi connectivity index (χ4n) is 3.21.